The number of hydrogen-bond donors (Lipinski definition) is 1. The molecule has 160 valence electrons. The van der Waals surface area contributed by atoms with E-state index in [1.807, 2.05) is 0 Å². The van der Waals surface area contributed by atoms with Crippen LogP contribution in [-0.2, 0) is 23.9 Å². The Morgan fingerprint density at radius 1 is 1.23 bits per heavy atom. The van der Waals surface area contributed by atoms with Crippen LogP contribution in [-0.4, -0.2) is 46.2 Å². The summed E-state index contributed by atoms with van der Waals surface area (Å²) in [6.07, 6.45) is 3.05. The highest BCUT2D eigenvalue weighted by Crippen LogP contribution is 2.38. The normalized spacial score (nSPS) is 21.7. The maximum atomic E-state index is 12.6. The number of nitro groups is 1. The number of hydrogen-bond acceptors (Lipinski definition) is 7. The fraction of sp³-hybridized carbons (Fsp3) is 0.500. The van der Waals surface area contributed by atoms with Gasteiger partial charge in [-0.05, 0) is 38.3 Å². The highest BCUT2D eigenvalue weighted by Gasteiger charge is 2.51. The van der Waals surface area contributed by atoms with E-state index in [1.54, 1.807) is 6.92 Å². The number of non-ortho nitro benzene ring substituents is 1. The zero-order valence-corrected chi connectivity index (χ0v) is 16.8. The third-order valence-electron chi connectivity index (χ3n) is 5.64. The zero-order chi connectivity index (χ0) is 22.0. The van der Waals surface area contributed by atoms with E-state index in [9.17, 15) is 29.3 Å². The van der Waals surface area contributed by atoms with Gasteiger partial charge in [-0.25, -0.2) is 4.79 Å². The number of amides is 3. The standard InChI is InChI=1S/C20H23N3O7/c1-11-9-13(23(28)29)7-8-16(11)21-17(24)10-30-20(27)12(2)22-18(25)14-5-3-4-6-15(14)19(22)26/h7-9,12,14-15H,3-6,10H2,1-2H3,(H,21,24). The molecule has 0 aromatic heterocycles. The Morgan fingerprint density at radius 3 is 2.37 bits per heavy atom. The lowest BCUT2D eigenvalue weighted by atomic mass is 9.81. The van der Waals surface area contributed by atoms with E-state index >= 15 is 0 Å². The topological polar surface area (TPSA) is 136 Å². The van der Waals surface area contributed by atoms with Gasteiger partial charge in [0.15, 0.2) is 6.61 Å². The van der Waals surface area contributed by atoms with Crippen molar-refractivity contribution in [2.75, 3.05) is 11.9 Å². The highest BCUT2D eigenvalue weighted by molar-refractivity contribution is 6.08. The molecule has 1 saturated carbocycles. The lowest BCUT2D eigenvalue weighted by molar-refractivity contribution is -0.384. The Morgan fingerprint density at radius 2 is 1.83 bits per heavy atom. The van der Waals surface area contributed by atoms with Gasteiger partial charge >= 0.3 is 5.97 Å². The molecule has 1 aliphatic carbocycles. The largest absolute Gasteiger partial charge is 0.454 e. The van der Waals surface area contributed by atoms with E-state index in [1.165, 1.54) is 25.1 Å². The number of anilines is 1. The van der Waals surface area contributed by atoms with Gasteiger partial charge in [-0.3, -0.25) is 29.4 Å². The summed E-state index contributed by atoms with van der Waals surface area (Å²) in [5.41, 5.74) is 0.725. The van der Waals surface area contributed by atoms with Crippen molar-refractivity contribution < 1.29 is 28.8 Å². The molecule has 1 aromatic rings. The average Bonchev–Trinajstić information content (AvgIpc) is 2.97. The van der Waals surface area contributed by atoms with Crippen molar-refractivity contribution in [2.45, 2.75) is 45.6 Å². The van der Waals surface area contributed by atoms with E-state index in [0.29, 0.717) is 24.1 Å². The van der Waals surface area contributed by atoms with Crippen LogP contribution in [0, 0.1) is 28.9 Å². The summed E-state index contributed by atoms with van der Waals surface area (Å²) in [5.74, 6) is -2.91. The third kappa shape index (κ3) is 4.17. The number of fused-ring (bicyclic) bond motifs is 1. The molecule has 1 aromatic carbocycles. The summed E-state index contributed by atoms with van der Waals surface area (Å²) in [5, 5.41) is 13.3. The monoisotopic (exact) mass is 417 g/mol. The van der Waals surface area contributed by atoms with E-state index in [0.717, 1.165) is 17.7 Å². The second-order valence-electron chi connectivity index (χ2n) is 7.63. The predicted molar refractivity (Wildman–Crippen MR) is 104 cm³/mol. The molecule has 2 aliphatic rings. The van der Waals surface area contributed by atoms with Gasteiger partial charge < -0.3 is 10.1 Å². The molecule has 3 atom stereocenters. The van der Waals surface area contributed by atoms with Gasteiger partial charge in [0.1, 0.15) is 6.04 Å². The molecule has 1 aliphatic heterocycles. The second kappa shape index (κ2) is 8.60. The van der Waals surface area contributed by atoms with Gasteiger partial charge in [0, 0.05) is 17.8 Å². The molecule has 3 unspecified atom stereocenters. The fourth-order valence-corrected chi connectivity index (χ4v) is 4.02. The van der Waals surface area contributed by atoms with E-state index in [4.69, 9.17) is 4.74 Å². The quantitative estimate of drug-likeness (QED) is 0.323. The summed E-state index contributed by atoms with van der Waals surface area (Å²) in [6, 6.07) is 2.85. The van der Waals surface area contributed by atoms with Gasteiger partial charge in [-0.15, -0.1) is 0 Å². The van der Waals surface area contributed by atoms with Crippen molar-refractivity contribution in [1.82, 2.24) is 4.90 Å². The number of ether oxygens (including phenoxy) is 1. The van der Waals surface area contributed by atoms with Crippen molar-refractivity contribution in [1.29, 1.82) is 0 Å². The second-order valence-corrected chi connectivity index (χ2v) is 7.63. The number of imide groups is 1. The van der Waals surface area contributed by atoms with Gasteiger partial charge in [0.25, 0.3) is 11.6 Å². The number of carbonyl (C=O) groups is 4. The summed E-state index contributed by atoms with van der Waals surface area (Å²) in [6.45, 7) is 2.40. The van der Waals surface area contributed by atoms with Crippen molar-refractivity contribution >= 4 is 35.1 Å². The van der Waals surface area contributed by atoms with Crippen LogP contribution in [0.25, 0.3) is 0 Å². The molecule has 0 bridgehead atoms. The van der Waals surface area contributed by atoms with Crippen LogP contribution in [0.3, 0.4) is 0 Å². The maximum Gasteiger partial charge on any atom is 0.329 e. The maximum absolute atomic E-state index is 12.6. The van der Waals surface area contributed by atoms with Crippen LogP contribution in [0.2, 0.25) is 0 Å². The average molecular weight is 417 g/mol. The van der Waals surface area contributed by atoms with Crippen LogP contribution in [0.15, 0.2) is 18.2 Å². The smallest absolute Gasteiger partial charge is 0.329 e. The first-order chi connectivity index (χ1) is 14.2. The Labute approximate surface area is 172 Å². The van der Waals surface area contributed by atoms with Crippen LogP contribution >= 0.6 is 0 Å². The number of aryl methyl sites for hydroxylation is 1. The van der Waals surface area contributed by atoms with E-state index < -0.39 is 29.4 Å². The molecule has 3 rings (SSSR count). The van der Waals surface area contributed by atoms with Crippen LogP contribution < -0.4 is 5.32 Å². The molecule has 1 N–H and O–H groups in total. The minimum absolute atomic E-state index is 0.105. The first kappa shape index (κ1) is 21.4. The summed E-state index contributed by atoms with van der Waals surface area (Å²) in [4.78, 5) is 60.8. The number of likely N-dealkylation sites (tertiary alicyclic amines) is 1. The Kier molecular flexibility index (Phi) is 6.14. The van der Waals surface area contributed by atoms with Crippen molar-refractivity contribution in [2.24, 2.45) is 11.8 Å². The van der Waals surface area contributed by atoms with Crippen molar-refractivity contribution in [3.8, 4) is 0 Å². The van der Waals surface area contributed by atoms with Crippen molar-refractivity contribution in [3.63, 3.8) is 0 Å². The van der Waals surface area contributed by atoms with Gasteiger partial charge in [0.05, 0.1) is 16.8 Å². The molecule has 1 saturated heterocycles. The number of nitrogens with one attached hydrogen (secondary N) is 1. The van der Waals surface area contributed by atoms with Gasteiger partial charge in [-0.2, -0.15) is 0 Å². The SMILES string of the molecule is Cc1cc([N+](=O)[O-])ccc1NC(=O)COC(=O)C(C)N1C(=O)C2CCCCC2C1=O. The molecule has 10 heteroatoms. The molecule has 2 fully saturated rings. The molecular formula is C20H23N3O7. The molecule has 10 nitrogen and oxygen atoms in total. The lowest BCUT2D eigenvalue weighted by Gasteiger charge is -2.21. The number of carbonyl (C=O) groups excluding carboxylic acids is 4. The van der Waals surface area contributed by atoms with Crippen molar-refractivity contribution in [3.05, 3.63) is 33.9 Å². The van der Waals surface area contributed by atoms with E-state index in [2.05, 4.69) is 5.32 Å². The summed E-state index contributed by atoms with van der Waals surface area (Å²) in [7, 11) is 0. The Bertz CT molecular complexity index is 890. The number of nitro benzene ring substituents is 1. The molecule has 30 heavy (non-hydrogen) atoms. The van der Waals surface area contributed by atoms with Crippen LogP contribution in [0.5, 0.6) is 0 Å². The van der Waals surface area contributed by atoms with Gasteiger partial charge in [0.2, 0.25) is 11.8 Å². The number of esters is 1. The molecule has 0 radical (unpaired) electrons. The number of benzene rings is 1. The molecule has 0 spiro atoms. The van der Waals surface area contributed by atoms with Crippen LogP contribution in [0.1, 0.15) is 38.2 Å². The fourth-order valence-electron chi connectivity index (χ4n) is 4.02. The summed E-state index contributed by atoms with van der Waals surface area (Å²) < 4.78 is 5.00. The van der Waals surface area contributed by atoms with Crippen LogP contribution in [0.4, 0.5) is 11.4 Å². The highest BCUT2D eigenvalue weighted by atomic mass is 16.6. The lowest BCUT2D eigenvalue weighted by Crippen LogP contribution is -2.45. The minimum Gasteiger partial charge on any atom is -0.454 e. The number of nitrogens with zero attached hydrogens (tertiary/aromatic N) is 2. The molecule has 1 heterocycles. The van der Waals surface area contributed by atoms with E-state index in [-0.39, 0.29) is 29.3 Å². The predicted octanol–water partition coefficient (Wildman–Crippen LogP) is 1.95. The zero-order valence-electron chi connectivity index (χ0n) is 16.8. The number of rotatable bonds is 6. The summed E-state index contributed by atoms with van der Waals surface area (Å²) >= 11 is 0. The van der Waals surface area contributed by atoms with Gasteiger partial charge in [-0.1, -0.05) is 12.8 Å². The molecule has 3 amide bonds. The molecular weight excluding hydrogens is 394 g/mol. The minimum atomic E-state index is -1.11. The Balaban J connectivity index is 1.56. The first-order valence-electron chi connectivity index (χ1n) is 9.79. The third-order valence-corrected chi connectivity index (χ3v) is 5.64. The first-order valence-corrected chi connectivity index (χ1v) is 9.79. The Hall–Kier alpha value is -3.30.